The summed E-state index contributed by atoms with van der Waals surface area (Å²) in [6, 6.07) is 17.9. The third-order valence-corrected chi connectivity index (χ3v) is 9.49. The van der Waals surface area contributed by atoms with Gasteiger partial charge in [-0.25, -0.2) is 18.7 Å². The van der Waals surface area contributed by atoms with Crippen LogP contribution < -0.4 is 9.79 Å². The number of carbonyl (C=O) groups excluding carboxylic acids is 1. The summed E-state index contributed by atoms with van der Waals surface area (Å²) in [6.07, 6.45) is 3.56. The molecule has 6 rings (SSSR count). The fourth-order valence-electron chi connectivity index (χ4n) is 5.34. The van der Waals surface area contributed by atoms with Crippen LogP contribution in [0.5, 0.6) is 0 Å². The predicted octanol–water partition coefficient (Wildman–Crippen LogP) is 4.65. The molecule has 0 spiro atoms. The maximum atomic E-state index is 14.3. The molecule has 46 heavy (non-hydrogen) atoms. The first-order valence-corrected chi connectivity index (χ1v) is 16.0. The summed E-state index contributed by atoms with van der Waals surface area (Å²) in [7, 11) is -2.55. The molecule has 0 atom stereocenters. The minimum Gasteiger partial charge on any atom is -0.346 e. The Hall–Kier alpha value is -4.92. The van der Waals surface area contributed by atoms with Gasteiger partial charge in [0.15, 0.2) is 0 Å². The molecule has 1 N–H and O–H groups in total. The van der Waals surface area contributed by atoms with Gasteiger partial charge in [-0.1, -0.05) is 10.5 Å². The maximum absolute atomic E-state index is 14.3. The fraction of sp³-hybridized carbons (Fsp3) is 0.219. The van der Waals surface area contributed by atoms with E-state index >= 15 is 0 Å². The molecule has 0 saturated carbocycles. The average Bonchev–Trinajstić information content (AvgIpc) is 3.46. The van der Waals surface area contributed by atoms with Crippen molar-refractivity contribution in [3.8, 4) is 11.3 Å². The zero-order valence-electron chi connectivity index (χ0n) is 24.9. The summed E-state index contributed by atoms with van der Waals surface area (Å²) >= 11 is 0. The molecule has 14 heteroatoms. The number of carbonyl (C=O) groups is 1. The molecule has 1 aliphatic heterocycles. The molecule has 0 aliphatic carbocycles. The largest absolute Gasteiger partial charge is 0.346 e. The molecule has 1 saturated heterocycles. The summed E-state index contributed by atoms with van der Waals surface area (Å²) in [4.78, 5) is 28.6. The first kappa shape index (κ1) is 31.1. The number of likely N-dealkylation sites (N-methyl/N-ethyl adjacent to an activating group) is 1. The second kappa shape index (κ2) is 13.2. The van der Waals surface area contributed by atoms with E-state index in [2.05, 4.69) is 61.1 Å². The maximum Gasteiger partial charge on any atom is 0.322 e. The summed E-state index contributed by atoms with van der Waals surface area (Å²) in [5, 5.41) is 4.26. The first-order chi connectivity index (χ1) is 22.2. The zero-order chi connectivity index (χ0) is 32.3. The van der Waals surface area contributed by atoms with Crippen LogP contribution in [0.4, 0.5) is 26.0 Å². The van der Waals surface area contributed by atoms with Crippen LogP contribution in [-0.2, 0) is 26.2 Å². The molecule has 0 radical (unpaired) electrons. The number of piperazine rings is 1. The van der Waals surface area contributed by atoms with Gasteiger partial charge in [0.25, 0.3) is 10.0 Å². The van der Waals surface area contributed by atoms with E-state index in [4.69, 9.17) is 4.84 Å². The van der Waals surface area contributed by atoms with Crippen LogP contribution in [0.3, 0.4) is 0 Å². The molecule has 0 unspecified atom stereocenters. The predicted molar refractivity (Wildman–Crippen MR) is 170 cm³/mol. The first-order valence-electron chi connectivity index (χ1n) is 14.5. The lowest BCUT2D eigenvalue weighted by Crippen LogP contribution is -2.45. The van der Waals surface area contributed by atoms with Crippen molar-refractivity contribution < 1.29 is 26.8 Å². The third kappa shape index (κ3) is 6.68. The highest BCUT2D eigenvalue weighted by molar-refractivity contribution is 7.92. The minimum absolute atomic E-state index is 0.0893. The van der Waals surface area contributed by atoms with Crippen molar-refractivity contribution in [2.45, 2.75) is 11.4 Å². The van der Waals surface area contributed by atoms with Gasteiger partial charge in [-0.2, -0.15) is 8.42 Å². The van der Waals surface area contributed by atoms with Crippen molar-refractivity contribution >= 4 is 44.6 Å². The van der Waals surface area contributed by atoms with Crippen LogP contribution in [0.15, 0.2) is 90.2 Å². The highest BCUT2D eigenvalue weighted by Crippen LogP contribution is 2.29. The number of anilines is 3. The number of sulfonamides is 1. The van der Waals surface area contributed by atoms with Gasteiger partial charge in [0.1, 0.15) is 28.7 Å². The minimum atomic E-state index is -4.70. The molecule has 5 aromatic rings. The lowest BCUT2D eigenvalue weighted by atomic mass is 10.1. The Labute approximate surface area is 264 Å². The van der Waals surface area contributed by atoms with Gasteiger partial charge in [-0.15, -0.1) is 0 Å². The van der Waals surface area contributed by atoms with E-state index in [-0.39, 0.29) is 16.6 Å². The van der Waals surface area contributed by atoms with Crippen molar-refractivity contribution in [3.63, 3.8) is 0 Å². The quantitative estimate of drug-likeness (QED) is 0.162. The second-order valence-corrected chi connectivity index (χ2v) is 12.6. The smallest absolute Gasteiger partial charge is 0.322 e. The molecule has 0 bridgehead atoms. The number of fused-ring (bicyclic) bond motifs is 1. The fourth-order valence-corrected chi connectivity index (χ4v) is 6.61. The summed E-state index contributed by atoms with van der Waals surface area (Å²) in [6.45, 7) is 6.18. The molecule has 0 amide bonds. The van der Waals surface area contributed by atoms with Crippen molar-refractivity contribution in [2.75, 3.05) is 49.6 Å². The molecule has 1 fully saturated rings. The number of rotatable bonds is 11. The summed E-state index contributed by atoms with van der Waals surface area (Å²) in [5.74, 6) is -1.78. The molecule has 11 nitrogen and oxygen atoms in total. The number of nitrogens with zero attached hydrogens (tertiary/aromatic N) is 6. The zero-order valence-corrected chi connectivity index (χ0v) is 25.7. The Morgan fingerprint density at radius 3 is 2.46 bits per heavy atom. The van der Waals surface area contributed by atoms with Crippen molar-refractivity contribution in [1.82, 2.24) is 24.3 Å². The molecule has 238 valence electrons. The van der Waals surface area contributed by atoms with Gasteiger partial charge in [0.05, 0.1) is 11.4 Å². The normalized spacial score (nSPS) is 14.3. The lowest BCUT2D eigenvalue weighted by molar-refractivity contribution is -0.128. The van der Waals surface area contributed by atoms with Gasteiger partial charge in [-0.3, -0.25) is 9.69 Å². The summed E-state index contributed by atoms with van der Waals surface area (Å²) in [5.41, 5.74) is 3.23. The lowest BCUT2D eigenvalue weighted by Gasteiger charge is -2.32. The van der Waals surface area contributed by atoms with Gasteiger partial charge < -0.3 is 19.6 Å². The Morgan fingerprint density at radius 1 is 0.935 bits per heavy atom. The van der Waals surface area contributed by atoms with Crippen LogP contribution in [0, 0.1) is 11.6 Å². The van der Waals surface area contributed by atoms with E-state index in [0.717, 1.165) is 67.9 Å². The van der Waals surface area contributed by atoms with E-state index in [9.17, 15) is 22.0 Å². The highest BCUT2D eigenvalue weighted by Gasteiger charge is 2.30. The van der Waals surface area contributed by atoms with Crippen LogP contribution in [-0.4, -0.2) is 79.0 Å². The van der Waals surface area contributed by atoms with Crippen molar-refractivity contribution in [3.05, 3.63) is 97.0 Å². The second-order valence-electron chi connectivity index (χ2n) is 10.9. The van der Waals surface area contributed by atoms with E-state index in [1.807, 2.05) is 6.07 Å². The number of benzene rings is 3. The van der Waals surface area contributed by atoms with Crippen molar-refractivity contribution in [1.29, 1.82) is 0 Å². The molecular weight excluding hydrogens is 616 g/mol. The monoisotopic (exact) mass is 647 g/mol. The number of nitrogens with one attached hydrogen (secondary N) is 1. The molecule has 1 aliphatic rings. The van der Waals surface area contributed by atoms with Crippen molar-refractivity contribution in [2.24, 2.45) is 0 Å². The SMILES string of the molecule is CN1CCN(CCn2ccc3cc(-c4cc(Nc5ccc(N(OC=O)S(=O)(=O)c6ccc(F)cc6F)cc5)ncn4)ccc32)CC1. The van der Waals surface area contributed by atoms with Crippen LogP contribution in [0.25, 0.3) is 22.2 Å². The van der Waals surface area contributed by atoms with Gasteiger partial charge >= 0.3 is 6.47 Å². The van der Waals surface area contributed by atoms with Crippen LogP contribution in [0.1, 0.15) is 0 Å². The number of halogens is 2. The van der Waals surface area contributed by atoms with E-state index < -0.39 is 26.6 Å². The Morgan fingerprint density at radius 2 is 1.72 bits per heavy atom. The van der Waals surface area contributed by atoms with E-state index in [0.29, 0.717) is 23.3 Å². The van der Waals surface area contributed by atoms with E-state index in [1.54, 1.807) is 6.07 Å². The number of hydrogen-bond donors (Lipinski definition) is 1. The van der Waals surface area contributed by atoms with Gasteiger partial charge in [0, 0.05) is 79.8 Å². The standard InChI is InChI=1S/C32H31F2N7O4S/c1-38-12-14-39(15-13-38)16-17-40-11-10-24-18-23(2-8-30(24)40)29-20-32(36-21-35-29)37-26-4-6-27(7-5-26)41(45-22-42)46(43,44)31-9-3-25(33)19-28(31)34/h2-11,18-22H,12-17H2,1H3,(H,35,36,37). The van der Waals surface area contributed by atoms with E-state index in [1.165, 1.54) is 30.6 Å². The number of aromatic nitrogens is 3. The Balaban J connectivity index is 1.15. The van der Waals surface area contributed by atoms with Crippen LogP contribution >= 0.6 is 0 Å². The van der Waals surface area contributed by atoms with Crippen LogP contribution in [0.2, 0.25) is 0 Å². The Bertz CT molecular complexity index is 1960. The molecule has 2 aromatic heterocycles. The van der Waals surface area contributed by atoms with Gasteiger partial charge in [0.2, 0.25) is 0 Å². The Kier molecular flexibility index (Phi) is 8.92. The topological polar surface area (TPSA) is 113 Å². The average molecular weight is 648 g/mol. The molecule has 3 aromatic carbocycles. The molecule has 3 heterocycles. The highest BCUT2D eigenvalue weighted by atomic mass is 32.2. The third-order valence-electron chi connectivity index (χ3n) is 7.87. The molecular formula is C32H31F2N7O4S. The number of hydrogen-bond acceptors (Lipinski definition) is 9. The van der Waals surface area contributed by atoms with Gasteiger partial charge in [-0.05, 0) is 61.6 Å². The summed E-state index contributed by atoms with van der Waals surface area (Å²) < 4.78 is 56.3.